The molecule has 0 saturated carbocycles. The van der Waals surface area contributed by atoms with Gasteiger partial charge in [-0.15, -0.1) is 0 Å². The lowest BCUT2D eigenvalue weighted by Crippen LogP contribution is -2.32. The quantitative estimate of drug-likeness (QED) is 0.610. The average molecular weight is 313 g/mol. The lowest BCUT2D eigenvalue weighted by atomic mass is 10.2. The normalized spacial score (nSPS) is 18.3. The first-order chi connectivity index (χ1) is 9.79. The van der Waals surface area contributed by atoms with Crippen LogP contribution in [0.5, 0.6) is 0 Å². The van der Waals surface area contributed by atoms with Gasteiger partial charge >= 0.3 is 5.69 Å². The van der Waals surface area contributed by atoms with Gasteiger partial charge in [0.25, 0.3) is 0 Å². The van der Waals surface area contributed by atoms with E-state index in [4.69, 9.17) is 0 Å². The fourth-order valence-electron chi connectivity index (χ4n) is 2.22. The third kappa shape index (κ3) is 3.48. The van der Waals surface area contributed by atoms with Crippen molar-refractivity contribution in [2.45, 2.75) is 23.8 Å². The van der Waals surface area contributed by atoms with E-state index in [-0.39, 0.29) is 22.5 Å². The number of nitrogens with zero attached hydrogens (tertiary/aromatic N) is 1. The summed E-state index contributed by atoms with van der Waals surface area (Å²) in [6.07, 6.45) is 2.00. The van der Waals surface area contributed by atoms with Crippen molar-refractivity contribution >= 4 is 27.1 Å². The number of rotatable bonds is 5. The zero-order valence-corrected chi connectivity index (χ0v) is 12.1. The predicted molar refractivity (Wildman–Crippen MR) is 75.9 cm³/mol. The number of amides is 1. The maximum atomic E-state index is 11.6. The Hall–Kier alpha value is -2.16. The maximum Gasteiger partial charge on any atom is 0.310 e. The molecule has 1 fully saturated rings. The molecule has 1 atom stereocenters. The number of nitro groups is 1. The van der Waals surface area contributed by atoms with Gasteiger partial charge in [0.15, 0.2) is 9.84 Å². The minimum atomic E-state index is -3.70. The number of nitro benzene ring substituents is 1. The number of nitrogens with one attached hydrogen (secondary N) is 2. The lowest BCUT2D eigenvalue weighted by molar-refractivity contribution is -0.386. The average Bonchev–Trinajstić information content (AvgIpc) is 2.80. The summed E-state index contributed by atoms with van der Waals surface area (Å²) in [5, 5.41) is 16.7. The third-order valence-corrected chi connectivity index (χ3v) is 4.33. The van der Waals surface area contributed by atoms with Crippen molar-refractivity contribution in [3.05, 3.63) is 28.3 Å². The van der Waals surface area contributed by atoms with Crippen molar-refractivity contribution < 1.29 is 18.1 Å². The molecule has 2 N–H and O–H groups in total. The van der Waals surface area contributed by atoms with E-state index in [2.05, 4.69) is 10.6 Å². The largest absolute Gasteiger partial charge is 0.377 e. The number of anilines is 1. The number of para-hydroxylation sites is 1. The highest BCUT2D eigenvalue weighted by Crippen LogP contribution is 2.32. The molecular formula is C12H15N3O5S. The molecule has 1 aromatic carbocycles. The standard InChI is InChI=1S/C12H15N3O5S/c1-21(19,20)10-4-2-3-9(12(10)15(17)18)13-7-8-5-6-11(16)14-8/h2-4,8,13H,5-7H2,1H3,(H,14,16). The number of sulfone groups is 1. The second-order valence-electron chi connectivity index (χ2n) is 4.87. The Balaban J connectivity index is 2.27. The lowest BCUT2D eigenvalue weighted by Gasteiger charge is -2.13. The molecule has 9 heteroatoms. The Morgan fingerprint density at radius 1 is 1.48 bits per heavy atom. The summed E-state index contributed by atoms with van der Waals surface area (Å²) < 4.78 is 23.2. The molecule has 1 aliphatic rings. The molecule has 114 valence electrons. The van der Waals surface area contributed by atoms with Crippen LogP contribution in [-0.4, -0.2) is 38.1 Å². The first-order valence-corrected chi connectivity index (χ1v) is 8.19. The Morgan fingerprint density at radius 3 is 2.71 bits per heavy atom. The van der Waals surface area contributed by atoms with Gasteiger partial charge in [-0.1, -0.05) is 6.07 Å². The maximum absolute atomic E-state index is 11.6. The van der Waals surface area contributed by atoms with Crippen LogP contribution < -0.4 is 10.6 Å². The topological polar surface area (TPSA) is 118 Å². The summed E-state index contributed by atoms with van der Waals surface area (Å²) in [4.78, 5) is 21.2. The highest BCUT2D eigenvalue weighted by atomic mass is 32.2. The van der Waals surface area contributed by atoms with E-state index >= 15 is 0 Å². The van der Waals surface area contributed by atoms with Gasteiger partial charge in [0, 0.05) is 25.3 Å². The van der Waals surface area contributed by atoms with Crippen molar-refractivity contribution in [1.29, 1.82) is 0 Å². The summed E-state index contributed by atoms with van der Waals surface area (Å²) >= 11 is 0. The smallest absolute Gasteiger partial charge is 0.310 e. The summed E-state index contributed by atoms with van der Waals surface area (Å²) in [6.45, 7) is 0.305. The van der Waals surface area contributed by atoms with Gasteiger partial charge in [-0.05, 0) is 18.6 Å². The van der Waals surface area contributed by atoms with Crippen LogP contribution in [0.25, 0.3) is 0 Å². The number of carbonyl (C=O) groups excluding carboxylic acids is 1. The fraction of sp³-hybridized carbons (Fsp3) is 0.417. The molecule has 1 aromatic rings. The van der Waals surface area contributed by atoms with E-state index in [9.17, 15) is 23.3 Å². The number of hydrogen-bond donors (Lipinski definition) is 2. The molecule has 1 unspecified atom stereocenters. The molecule has 0 radical (unpaired) electrons. The molecule has 0 spiro atoms. The molecule has 21 heavy (non-hydrogen) atoms. The third-order valence-electron chi connectivity index (χ3n) is 3.20. The summed E-state index contributed by atoms with van der Waals surface area (Å²) in [5.41, 5.74) is -0.339. The molecule has 1 saturated heterocycles. The fourth-order valence-corrected chi connectivity index (χ4v) is 3.08. The molecular weight excluding hydrogens is 298 g/mol. The molecule has 1 amide bonds. The van der Waals surface area contributed by atoms with Gasteiger partial charge < -0.3 is 10.6 Å². The zero-order valence-electron chi connectivity index (χ0n) is 11.3. The minimum absolute atomic E-state index is 0.0545. The van der Waals surface area contributed by atoms with Crippen LogP contribution in [0.2, 0.25) is 0 Å². The molecule has 0 aliphatic carbocycles. The summed E-state index contributed by atoms with van der Waals surface area (Å²) in [6, 6.07) is 3.98. The highest BCUT2D eigenvalue weighted by molar-refractivity contribution is 7.90. The molecule has 2 rings (SSSR count). The Morgan fingerprint density at radius 2 is 2.19 bits per heavy atom. The van der Waals surface area contributed by atoms with Crippen molar-refractivity contribution in [2.24, 2.45) is 0 Å². The van der Waals surface area contributed by atoms with Crippen LogP contribution in [-0.2, 0) is 14.6 Å². The van der Waals surface area contributed by atoms with Crippen LogP contribution >= 0.6 is 0 Å². The van der Waals surface area contributed by atoms with Crippen molar-refractivity contribution in [3.63, 3.8) is 0 Å². The Kier molecular flexibility index (Phi) is 4.12. The van der Waals surface area contributed by atoms with Crippen molar-refractivity contribution in [2.75, 3.05) is 18.1 Å². The van der Waals surface area contributed by atoms with Crippen LogP contribution in [0, 0.1) is 10.1 Å². The Labute approximate surface area is 121 Å². The van der Waals surface area contributed by atoms with Crippen molar-refractivity contribution in [3.8, 4) is 0 Å². The first kappa shape index (κ1) is 15.2. The molecule has 1 aliphatic heterocycles. The zero-order chi connectivity index (χ0) is 15.6. The van der Waals surface area contributed by atoms with Gasteiger partial charge in [-0.2, -0.15) is 0 Å². The monoisotopic (exact) mass is 313 g/mol. The van der Waals surface area contributed by atoms with E-state index in [1.54, 1.807) is 0 Å². The van der Waals surface area contributed by atoms with Gasteiger partial charge in [0.2, 0.25) is 5.91 Å². The summed E-state index contributed by atoms with van der Waals surface area (Å²) in [7, 11) is -3.70. The van der Waals surface area contributed by atoms with Crippen LogP contribution in [0.3, 0.4) is 0 Å². The second-order valence-corrected chi connectivity index (χ2v) is 6.85. The Bertz CT molecular complexity index is 686. The summed E-state index contributed by atoms with van der Waals surface area (Å²) in [5.74, 6) is -0.0545. The SMILES string of the molecule is CS(=O)(=O)c1cccc(NCC2CCC(=O)N2)c1[N+](=O)[O-]. The van der Waals surface area contributed by atoms with E-state index in [1.807, 2.05) is 0 Å². The van der Waals surface area contributed by atoms with Crippen LogP contribution in [0.1, 0.15) is 12.8 Å². The van der Waals surface area contributed by atoms with E-state index in [0.29, 0.717) is 19.4 Å². The van der Waals surface area contributed by atoms with Gasteiger partial charge in [0.1, 0.15) is 10.6 Å². The number of hydrogen-bond acceptors (Lipinski definition) is 6. The van der Waals surface area contributed by atoms with Crippen LogP contribution in [0.15, 0.2) is 23.1 Å². The van der Waals surface area contributed by atoms with E-state index < -0.39 is 20.4 Å². The van der Waals surface area contributed by atoms with Gasteiger partial charge in [-0.25, -0.2) is 8.42 Å². The molecule has 8 nitrogen and oxygen atoms in total. The first-order valence-electron chi connectivity index (χ1n) is 6.29. The highest BCUT2D eigenvalue weighted by Gasteiger charge is 2.27. The van der Waals surface area contributed by atoms with Gasteiger partial charge in [-0.3, -0.25) is 14.9 Å². The predicted octanol–water partition coefficient (Wildman–Crippen LogP) is 0.689. The van der Waals surface area contributed by atoms with E-state index in [1.165, 1.54) is 18.2 Å². The van der Waals surface area contributed by atoms with Crippen molar-refractivity contribution in [1.82, 2.24) is 5.32 Å². The van der Waals surface area contributed by atoms with E-state index in [0.717, 1.165) is 6.26 Å². The molecule has 1 heterocycles. The minimum Gasteiger partial charge on any atom is -0.377 e. The van der Waals surface area contributed by atoms with Gasteiger partial charge in [0.05, 0.1) is 4.92 Å². The second kappa shape index (κ2) is 5.68. The molecule has 0 aromatic heterocycles. The number of carbonyl (C=O) groups is 1. The van der Waals surface area contributed by atoms with Crippen LogP contribution in [0.4, 0.5) is 11.4 Å². The molecule has 0 bridgehead atoms. The number of benzene rings is 1.